The fraction of sp³-hybridized carbons (Fsp3) is 0.259. The van der Waals surface area contributed by atoms with Gasteiger partial charge in [-0.15, -0.1) is 33.1 Å². The van der Waals surface area contributed by atoms with E-state index in [1.807, 2.05) is 37.3 Å². The first-order chi connectivity index (χ1) is 15.4. The van der Waals surface area contributed by atoms with E-state index in [-0.39, 0.29) is 29.1 Å². The summed E-state index contributed by atoms with van der Waals surface area (Å²) >= 11 is 0. The molecule has 162 valence electrons. The Hall–Kier alpha value is -2.83. The molecule has 2 aliphatic heterocycles. The Balaban J connectivity index is 0.00000228. The van der Waals surface area contributed by atoms with Gasteiger partial charge in [0.05, 0.1) is 0 Å². The van der Waals surface area contributed by atoms with Gasteiger partial charge in [-0.1, -0.05) is 79.1 Å². The van der Waals surface area contributed by atoms with Crippen molar-refractivity contribution < 1.29 is 5.11 Å². The quantitative estimate of drug-likeness (QED) is 0.576. The molecule has 1 saturated heterocycles. The molecule has 0 aromatic carbocycles. The molecule has 3 aromatic heterocycles. The summed E-state index contributed by atoms with van der Waals surface area (Å²) in [4.78, 5) is 14.6. The first kappa shape index (κ1) is 22.0. The third kappa shape index (κ3) is 3.35. The molecule has 3 aromatic rings. The Morgan fingerprint density at radius 3 is 2.39 bits per heavy atom. The first-order valence-electron chi connectivity index (χ1n) is 11.1. The van der Waals surface area contributed by atoms with Crippen LogP contribution >= 0.6 is 0 Å². The fourth-order valence-electron chi connectivity index (χ4n) is 5.22. The van der Waals surface area contributed by atoms with Crippen molar-refractivity contribution in [3.63, 3.8) is 0 Å². The second-order valence-corrected chi connectivity index (χ2v) is 9.05. The minimum absolute atomic E-state index is 0. The third-order valence-corrected chi connectivity index (χ3v) is 7.01. The van der Waals surface area contributed by atoms with Crippen molar-refractivity contribution in [3.8, 4) is 0 Å². The van der Waals surface area contributed by atoms with Crippen LogP contribution in [0.1, 0.15) is 53.5 Å². The number of hydrogen-bond acceptors (Lipinski definition) is 1. The molecule has 1 fully saturated rings. The molecule has 0 saturated carbocycles. The molecule has 0 radical (unpaired) electrons. The van der Waals surface area contributed by atoms with Gasteiger partial charge in [0, 0.05) is 6.42 Å². The number of nitrogens with zero attached hydrogens (tertiary/aromatic N) is 4. The zero-order valence-corrected chi connectivity index (χ0v) is 20.6. The van der Waals surface area contributed by atoms with Crippen LogP contribution in [0.4, 0.5) is 0 Å². The molecule has 1 unspecified atom stereocenters. The average Bonchev–Trinajstić information content (AvgIpc) is 3.53. The van der Waals surface area contributed by atoms with Crippen molar-refractivity contribution in [1.29, 1.82) is 0 Å². The minimum Gasteiger partial charge on any atom is -0.682 e. The number of aliphatic hydroxyl groups excluding tert-OH is 1. The molecule has 2 atom stereocenters. The van der Waals surface area contributed by atoms with Crippen molar-refractivity contribution in [2.75, 3.05) is 0 Å². The zero-order chi connectivity index (χ0) is 22.1. The summed E-state index contributed by atoms with van der Waals surface area (Å²) in [6.07, 6.45) is 9.42. The summed E-state index contributed by atoms with van der Waals surface area (Å²) < 4.78 is 0. The molecule has 3 aliphatic rings. The van der Waals surface area contributed by atoms with Gasteiger partial charge in [0.15, 0.2) is 0 Å². The standard InChI is InChI=1S/C27H24N4O.Mg/c1-5-18-14(3)22-12-20-13(2)8-23(29-20)19-11-25(32)26-15(4)21(31-27(19)26)9-16-6-7-17(28-16)10-24(18)30-22;/h5-7,9-10,12-13,23,32H,1,8,11H2,2-4H3;/q-4;+2/b16-9-,17-10-,20-12+;/t13-,23?;/m0./s1. The van der Waals surface area contributed by atoms with Gasteiger partial charge in [-0.3, -0.25) is 0 Å². The van der Waals surface area contributed by atoms with Crippen LogP contribution in [0.5, 0.6) is 0 Å². The van der Waals surface area contributed by atoms with Gasteiger partial charge in [0.2, 0.25) is 0 Å². The monoisotopic (exact) mass is 444 g/mol. The summed E-state index contributed by atoms with van der Waals surface area (Å²) in [6.45, 7) is 10.3. The van der Waals surface area contributed by atoms with Crippen molar-refractivity contribution in [2.45, 2.75) is 39.7 Å². The molecule has 0 amide bonds. The Kier molecular flexibility index (Phi) is 5.25. The van der Waals surface area contributed by atoms with E-state index < -0.39 is 0 Å². The van der Waals surface area contributed by atoms with Gasteiger partial charge in [-0.2, -0.15) is 5.70 Å². The van der Waals surface area contributed by atoms with Crippen LogP contribution in [0.2, 0.25) is 0 Å². The van der Waals surface area contributed by atoms with Gasteiger partial charge in [-0.25, -0.2) is 0 Å². The Morgan fingerprint density at radius 2 is 1.67 bits per heavy atom. The van der Waals surface area contributed by atoms with Gasteiger partial charge in [-0.05, 0) is 30.5 Å². The first-order valence-corrected chi connectivity index (χ1v) is 11.1. The predicted octanol–water partition coefficient (Wildman–Crippen LogP) is 1.45. The summed E-state index contributed by atoms with van der Waals surface area (Å²) in [6, 6.07) is 4.01. The van der Waals surface area contributed by atoms with Crippen molar-refractivity contribution in [3.05, 3.63) is 84.8 Å². The number of aromatic nitrogens is 3. The van der Waals surface area contributed by atoms with Crippen LogP contribution in [-0.4, -0.2) is 34.2 Å². The van der Waals surface area contributed by atoms with E-state index in [1.54, 1.807) is 0 Å². The second kappa shape index (κ2) is 7.89. The van der Waals surface area contributed by atoms with Gasteiger partial charge >= 0.3 is 23.1 Å². The van der Waals surface area contributed by atoms with E-state index in [2.05, 4.69) is 26.5 Å². The van der Waals surface area contributed by atoms with Crippen LogP contribution < -0.4 is 36.2 Å². The SMILES string of the molecule is C=Cc1c2[n-]c(c1C)/C=C1/[N-]C(C[C@@H]1C)C1=c3[n-]c(c(C)c3=C(O)C1)/C=c1/cc/c([n-]1)=C/2.[Mg+2]. The van der Waals surface area contributed by atoms with E-state index in [0.717, 1.165) is 72.7 Å². The van der Waals surface area contributed by atoms with E-state index >= 15 is 0 Å². The minimum atomic E-state index is 0. The molecule has 33 heavy (non-hydrogen) atoms. The maximum Gasteiger partial charge on any atom is 2.00 e. The predicted molar refractivity (Wildman–Crippen MR) is 133 cm³/mol. The van der Waals surface area contributed by atoms with Gasteiger partial charge < -0.3 is 25.4 Å². The van der Waals surface area contributed by atoms with E-state index in [4.69, 9.17) is 20.3 Å². The Labute approximate surface area is 208 Å². The van der Waals surface area contributed by atoms with Crippen LogP contribution in [0.3, 0.4) is 0 Å². The second-order valence-electron chi connectivity index (χ2n) is 9.05. The molecule has 0 spiro atoms. The third-order valence-electron chi connectivity index (χ3n) is 7.01. The van der Waals surface area contributed by atoms with Crippen molar-refractivity contribution in [1.82, 2.24) is 15.0 Å². The van der Waals surface area contributed by atoms with Crippen molar-refractivity contribution >= 4 is 58.7 Å². The maximum absolute atomic E-state index is 10.8. The largest absolute Gasteiger partial charge is 2.00 e. The van der Waals surface area contributed by atoms with E-state index in [0.29, 0.717) is 18.1 Å². The van der Waals surface area contributed by atoms with Crippen LogP contribution in [0, 0.1) is 19.8 Å². The van der Waals surface area contributed by atoms with Gasteiger partial charge in [0.1, 0.15) is 5.76 Å². The molecule has 5 heterocycles. The van der Waals surface area contributed by atoms with E-state index in [1.165, 1.54) is 0 Å². The summed E-state index contributed by atoms with van der Waals surface area (Å²) in [5, 5.41) is 19.3. The normalized spacial score (nSPS) is 24.2. The van der Waals surface area contributed by atoms with Crippen molar-refractivity contribution in [2.24, 2.45) is 5.92 Å². The zero-order valence-electron chi connectivity index (χ0n) is 19.2. The van der Waals surface area contributed by atoms with Gasteiger partial charge in [0.25, 0.3) is 0 Å². The average molecular weight is 445 g/mol. The van der Waals surface area contributed by atoms with E-state index in [9.17, 15) is 5.11 Å². The van der Waals surface area contributed by atoms with Crippen LogP contribution in [-0.2, 0) is 0 Å². The number of hydrogen-bond donors (Lipinski definition) is 1. The molecule has 6 heteroatoms. The number of allylic oxidation sites excluding steroid dienone is 1. The molecular formula is C27H24MgN4O-2. The van der Waals surface area contributed by atoms with Crippen LogP contribution in [0.25, 0.3) is 41.0 Å². The molecular weight excluding hydrogens is 421 g/mol. The smallest absolute Gasteiger partial charge is 0.682 e. The number of aliphatic hydroxyl groups is 1. The molecule has 6 rings (SSSR count). The Morgan fingerprint density at radius 1 is 0.970 bits per heavy atom. The maximum atomic E-state index is 10.8. The number of fused-ring (bicyclic) bond motifs is 8. The summed E-state index contributed by atoms with van der Waals surface area (Å²) in [5.74, 6) is 0.713. The molecule has 1 aliphatic carbocycles. The Bertz CT molecular complexity index is 1580. The summed E-state index contributed by atoms with van der Waals surface area (Å²) in [7, 11) is 0. The topological polar surface area (TPSA) is 76.6 Å². The van der Waals surface area contributed by atoms with Crippen LogP contribution in [0.15, 0.2) is 24.4 Å². The molecule has 5 nitrogen and oxygen atoms in total. The molecule has 1 N–H and O–H groups in total. The number of rotatable bonds is 1. The fourth-order valence-corrected chi connectivity index (χ4v) is 5.22. The summed E-state index contributed by atoms with van der Waals surface area (Å²) in [5.41, 5.74) is 7.96. The molecule has 8 bridgehead atoms.